The van der Waals surface area contributed by atoms with Crippen molar-refractivity contribution in [3.8, 4) is 0 Å². The van der Waals surface area contributed by atoms with E-state index in [0.29, 0.717) is 13.2 Å². The Morgan fingerprint density at radius 3 is 2.47 bits per heavy atom. The van der Waals surface area contributed by atoms with Crippen LogP contribution in [0.5, 0.6) is 0 Å². The molecule has 0 aliphatic carbocycles. The minimum absolute atomic E-state index is 0.206. The van der Waals surface area contributed by atoms with Crippen molar-refractivity contribution < 1.29 is 13.2 Å². The molecule has 0 unspecified atom stereocenters. The number of ether oxygens (including phenoxy) is 1. The van der Waals surface area contributed by atoms with Gasteiger partial charge in [-0.15, -0.1) is 0 Å². The third-order valence-electron chi connectivity index (χ3n) is 2.24. The van der Waals surface area contributed by atoms with E-state index >= 15 is 0 Å². The van der Waals surface area contributed by atoms with Crippen LogP contribution in [0.4, 0.5) is 0 Å². The Hall–Kier alpha value is -0.130. The lowest BCUT2D eigenvalue weighted by molar-refractivity contribution is 0.133. The summed E-state index contributed by atoms with van der Waals surface area (Å²) < 4.78 is 28.4. The highest BCUT2D eigenvalue weighted by molar-refractivity contribution is 7.91. The minimum atomic E-state index is -2.89. The zero-order valence-electron chi connectivity index (χ0n) is 11.4. The van der Waals surface area contributed by atoms with Crippen LogP contribution in [0.25, 0.3) is 0 Å². The van der Waals surface area contributed by atoms with Gasteiger partial charge < -0.3 is 10.1 Å². The van der Waals surface area contributed by atoms with E-state index in [1.54, 1.807) is 0 Å². The maximum absolute atomic E-state index is 11.5. The molecule has 4 nitrogen and oxygen atoms in total. The van der Waals surface area contributed by atoms with E-state index in [0.717, 1.165) is 26.0 Å². The van der Waals surface area contributed by atoms with E-state index in [9.17, 15) is 8.42 Å². The van der Waals surface area contributed by atoms with E-state index in [2.05, 4.69) is 12.2 Å². The van der Waals surface area contributed by atoms with Crippen LogP contribution in [-0.2, 0) is 14.6 Å². The quantitative estimate of drug-likeness (QED) is 0.575. The van der Waals surface area contributed by atoms with E-state index < -0.39 is 9.84 Å². The first-order valence-corrected chi connectivity index (χ1v) is 8.29. The Morgan fingerprint density at radius 2 is 1.88 bits per heavy atom. The molecule has 0 saturated heterocycles. The van der Waals surface area contributed by atoms with Gasteiger partial charge in [-0.2, -0.15) is 0 Å². The standard InChI is InChI=1S/C12H27NO3S/c1-4-5-8-16-9-6-13-7-10-17(14,15)11-12(2)3/h12-13H,4-11H2,1-3H3. The Kier molecular flexibility index (Phi) is 9.78. The fourth-order valence-electron chi connectivity index (χ4n) is 1.44. The summed E-state index contributed by atoms with van der Waals surface area (Å²) in [7, 11) is -2.89. The van der Waals surface area contributed by atoms with Gasteiger partial charge >= 0.3 is 0 Å². The summed E-state index contributed by atoms with van der Waals surface area (Å²) in [6, 6.07) is 0. The molecule has 0 amide bonds. The number of hydrogen-bond acceptors (Lipinski definition) is 4. The average molecular weight is 265 g/mol. The fraction of sp³-hybridized carbons (Fsp3) is 1.00. The van der Waals surface area contributed by atoms with Crippen LogP contribution < -0.4 is 5.32 Å². The molecule has 0 saturated carbocycles. The van der Waals surface area contributed by atoms with Crippen molar-refractivity contribution in [2.24, 2.45) is 5.92 Å². The van der Waals surface area contributed by atoms with Crippen LogP contribution in [0.1, 0.15) is 33.6 Å². The minimum Gasteiger partial charge on any atom is -0.380 e. The van der Waals surface area contributed by atoms with E-state index in [1.807, 2.05) is 13.8 Å². The SMILES string of the molecule is CCCCOCCNCCS(=O)(=O)CC(C)C. The lowest BCUT2D eigenvalue weighted by atomic mass is 10.3. The normalized spacial score (nSPS) is 12.2. The summed E-state index contributed by atoms with van der Waals surface area (Å²) in [5.74, 6) is 0.708. The Balaban J connectivity index is 3.39. The highest BCUT2D eigenvalue weighted by Gasteiger charge is 2.12. The summed E-state index contributed by atoms with van der Waals surface area (Å²) in [4.78, 5) is 0. The first kappa shape index (κ1) is 16.9. The van der Waals surface area contributed by atoms with Crippen molar-refractivity contribution in [3.63, 3.8) is 0 Å². The van der Waals surface area contributed by atoms with Gasteiger partial charge in [-0.3, -0.25) is 0 Å². The Bertz CT molecular complexity index is 263. The lowest BCUT2D eigenvalue weighted by Crippen LogP contribution is -2.28. The predicted molar refractivity (Wildman–Crippen MR) is 72.1 cm³/mol. The number of rotatable bonds is 11. The molecule has 0 aromatic rings. The molecule has 0 aromatic heterocycles. The number of unbranched alkanes of at least 4 members (excludes halogenated alkanes) is 1. The average Bonchev–Trinajstić information content (AvgIpc) is 2.20. The van der Waals surface area contributed by atoms with Crippen molar-refractivity contribution in [1.82, 2.24) is 5.32 Å². The molecule has 0 aliphatic heterocycles. The van der Waals surface area contributed by atoms with Gasteiger partial charge in [-0.25, -0.2) is 8.42 Å². The second-order valence-electron chi connectivity index (χ2n) is 4.72. The summed E-state index contributed by atoms with van der Waals surface area (Å²) in [6.07, 6.45) is 2.23. The number of hydrogen-bond donors (Lipinski definition) is 1. The van der Waals surface area contributed by atoms with Crippen molar-refractivity contribution in [3.05, 3.63) is 0 Å². The van der Waals surface area contributed by atoms with E-state index in [-0.39, 0.29) is 17.4 Å². The highest BCUT2D eigenvalue weighted by atomic mass is 32.2. The molecule has 0 bridgehead atoms. The van der Waals surface area contributed by atoms with Crippen molar-refractivity contribution >= 4 is 9.84 Å². The van der Waals surface area contributed by atoms with Gasteiger partial charge in [0.1, 0.15) is 0 Å². The fourth-order valence-corrected chi connectivity index (χ4v) is 3.07. The molecular weight excluding hydrogens is 238 g/mol. The van der Waals surface area contributed by atoms with Crippen LogP contribution in [0.2, 0.25) is 0 Å². The van der Waals surface area contributed by atoms with Crippen LogP contribution in [0.3, 0.4) is 0 Å². The van der Waals surface area contributed by atoms with Gasteiger partial charge in [0.25, 0.3) is 0 Å². The summed E-state index contributed by atoms with van der Waals surface area (Å²) in [5.41, 5.74) is 0. The molecule has 17 heavy (non-hydrogen) atoms. The van der Waals surface area contributed by atoms with E-state index in [4.69, 9.17) is 4.74 Å². The largest absolute Gasteiger partial charge is 0.380 e. The Labute approximate surface area is 106 Å². The summed E-state index contributed by atoms with van der Waals surface area (Å²) in [6.45, 7) is 8.67. The van der Waals surface area contributed by atoms with Crippen LogP contribution >= 0.6 is 0 Å². The first-order valence-electron chi connectivity index (χ1n) is 6.47. The smallest absolute Gasteiger partial charge is 0.151 e. The molecule has 0 heterocycles. The number of nitrogens with one attached hydrogen (secondary N) is 1. The molecule has 0 rings (SSSR count). The van der Waals surface area contributed by atoms with Crippen LogP contribution in [-0.4, -0.2) is 46.2 Å². The zero-order chi connectivity index (χ0) is 13.1. The van der Waals surface area contributed by atoms with Crippen molar-refractivity contribution in [1.29, 1.82) is 0 Å². The van der Waals surface area contributed by atoms with Gasteiger partial charge in [0, 0.05) is 19.7 Å². The van der Waals surface area contributed by atoms with Crippen molar-refractivity contribution in [2.45, 2.75) is 33.6 Å². The molecule has 0 atom stereocenters. The second-order valence-corrected chi connectivity index (χ2v) is 6.95. The zero-order valence-corrected chi connectivity index (χ0v) is 12.2. The molecule has 104 valence electrons. The van der Waals surface area contributed by atoms with Crippen LogP contribution in [0.15, 0.2) is 0 Å². The highest BCUT2D eigenvalue weighted by Crippen LogP contribution is 1.99. The van der Waals surface area contributed by atoms with Crippen molar-refractivity contribution in [2.75, 3.05) is 37.8 Å². The molecule has 0 aromatic carbocycles. The Morgan fingerprint density at radius 1 is 1.18 bits per heavy atom. The topological polar surface area (TPSA) is 55.4 Å². The van der Waals surface area contributed by atoms with Gasteiger partial charge in [0.15, 0.2) is 9.84 Å². The predicted octanol–water partition coefficient (Wildman–Crippen LogP) is 1.46. The van der Waals surface area contributed by atoms with Gasteiger partial charge in [0.05, 0.1) is 18.1 Å². The molecule has 5 heteroatoms. The third kappa shape index (κ3) is 12.1. The summed E-state index contributed by atoms with van der Waals surface area (Å²) >= 11 is 0. The number of sulfone groups is 1. The van der Waals surface area contributed by atoms with Crippen LogP contribution in [0, 0.1) is 5.92 Å². The maximum Gasteiger partial charge on any atom is 0.151 e. The summed E-state index contributed by atoms with van der Waals surface area (Å²) in [5, 5.41) is 3.09. The molecular formula is C12H27NO3S. The van der Waals surface area contributed by atoms with Gasteiger partial charge in [-0.05, 0) is 12.3 Å². The molecule has 0 radical (unpaired) electrons. The molecule has 0 fully saturated rings. The molecule has 1 N–H and O–H groups in total. The second kappa shape index (κ2) is 9.85. The van der Waals surface area contributed by atoms with Gasteiger partial charge in [0.2, 0.25) is 0 Å². The molecule has 0 spiro atoms. The van der Waals surface area contributed by atoms with Gasteiger partial charge in [-0.1, -0.05) is 27.2 Å². The maximum atomic E-state index is 11.5. The monoisotopic (exact) mass is 265 g/mol. The third-order valence-corrected chi connectivity index (χ3v) is 4.24. The first-order chi connectivity index (χ1) is 7.98. The van der Waals surface area contributed by atoms with E-state index in [1.165, 1.54) is 0 Å². The lowest BCUT2D eigenvalue weighted by Gasteiger charge is -2.08. The molecule has 0 aliphatic rings.